The molecule has 0 heterocycles. The van der Waals surface area contributed by atoms with Gasteiger partial charge in [0.1, 0.15) is 0 Å². The summed E-state index contributed by atoms with van der Waals surface area (Å²) in [6.45, 7) is 8.94. The Morgan fingerprint density at radius 2 is 1.55 bits per heavy atom. The Labute approximate surface area is 186 Å². The third-order valence-corrected chi connectivity index (χ3v) is 5.41. The molecule has 0 aliphatic heterocycles. The van der Waals surface area contributed by atoms with Gasteiger partial charge in [-0.2, -0.15) is 0 Å². The molecule has 1 aromatic rings. The van der Waals surface area contributed by atoms with Crippen molar-refractivity contribution < 1.29 is 28.9 Å². The maximum Gasteiger partial charge on any atom is 0.307 e. The molecule has 0 radical (unpaired) electrons. The summed E-state index contributed by atoms with van der Waals surface area (Å²) in [6.07, 6.45) is 5.60. The Morgan fingerprint density at radius 3 is 2.06 bits per heavy atom. The van der Waals surface area contributed by atoms with Gasteiger partial charge in [0.15, 0.2) is 17.3 Å². The molecule has 0 saturated carbocycles. The third kappa shape index (κ3) is 8.74. The van der Waals surface area contributed by atoms with Gasteiger partial charge in [-0.3, -0.25) is 9.59 Å². The van der Waals surface area contributed by atoms with Gasteiger partial charge in [0.2, 0.25) is 0 Å². The zero-order chi connectivity index (χ0) is 23.4. The Hall–Kier alpha value is -2.34. The molecule has 0 spiro atoms. The number of methoxy groups -OCH3 is 2. The molecule has 31 heavy (non-hydrogen) atoms. The van der Waals surface area contributed by atoms with Gasteiger partial charge in [-0.1, -0.05) is 39.8 Å². The minimum Gasteiger partial charge on any atom is -0.493 e. The monoisotopic (exact) mass is 434 g/mol. The molecule has 6 nitrogen and oxygen atoms in total. The average Bonchev–Trinajstić information content (AvgIpc) is 2.72. The maximum absolute atomic E-state index is 13.2. The number of rotatable bonds is 15. The lowest BCUT2D eigenvalue weighted by atomic mass is 9.84. The van der Waals surface area contributed by atoms with Crippen LogP contribution in [0.2, 0.25) is 0 Å². The first-order chi connectivity index (χ1) is 14.7. The van der Waals surface area contributed by atoms with E-state index in [1.54, 1.807) is 32.4 Å². The highest BCUT2D eigenvalue weighted by molar-refractivity contribution is 5.98. The molecule has 2 unspecified atom stereocenters. The smallest absolute Gasteiger partial charge is 0.307 e. The Bertz CT molecular complexity index is 723. The summed E-state index contributed by atoms with van der Waals surface area (Å²) >= 11 is 0. The van der Waals surface area contributed by atoms with Crippen LogP contribution in [0.5, 0.6) is 11.5 Å². The van der Waals surface area contributed by atoms with E-state index in [1.165, 1.54) is 0 Å². The van der Waals surface area contributed by atoms with E-state index in [2.05, 4.69) is 0 Å². The predicted octanol–water partition coefficient (Wildman–Crippen LogP) is 5.26. The molecule has 0 amide bonds. The lowest BCUT2D eigenvalue weighted by Crippen LogP contribution is -2.20. The van der Waals surface area contributed by atoms with Crippen LogP contribution in [0.15, 0.2) is 30.4 Å². The summed E-state index contributed by atoms with van der Waals surface area (Å²) in [6, 6.07) is 5.26. The van der Waals surface area contributed by atoms with Crippen LogP contribution < -0.4 is 9.47 Å². The van der Waals surface area contributed by atoms with Crippen molar-refractivity contribution in [3.63, 3.8) is 0 Å². The number of hydrogen-bond acceptors (Lipinski definition) is 5. The van der Waals surface area contributed by atoms with E-state index in [-0.39, 0.29) is 23.5 Å². The van der Waals surface area contributed by atoms with Gasteiger partial charge in [0.05, 0.1) is 19.6 Å². The molecule has 1 aromatic carbocycles. The van der Waals surface area contributed by atoms with Crippen LogP contribution in [0.25, 0.3) is 0 Å². The van der Waals surface area contributed by atoms with Crippen molar-refractivity contribution in [1.82, 2.24) is 0 Å². The quantitative estimate of drug-likeness (QED) is 0.230. The van der Waals surface area contributed by atoms with Crippen LogP contribution in [0.4, 0.5) is 0 Å². The summed E-state index contributed by atoms with van der Waals surface area (Å²) in [4.78, 5) is 24.6. The minimum absolute atomic E-state index is 0.0442. The number of Topliss-reactive ketones (excluding diaryl/α,β-unsaturated/α-hetero) is 1. The maximum atomic E-state index is 13.2. The van der Waals surface area contributed by atoms with Crippen LogP contribution in [-0.2, 0) is 9.53 Å². The molecular weight excluding hydrogens is 396 g/mol. The van der Waals surface area contributed by atoms with Crippen molar-refractivity contribution >= 4 is 11.8 Å². The largest absolute Gasteiger partial charge is 0.493 e. The normalized spacial score (nSPS) is 13.5. The molecule has 2 atom stereocenters. The summed E-state index contributed by atoms with van der Waals surface area (Å²) in [5.74, 6) is -0.0173. The Kier molecular flexibility index (Phi) is 11.9. The molecule has 0 aromatic heterocycles. The highest BCUT2D eigenvalue weighted by Gasteiger charge is 2.24. The zero-order valence-corrected chi connectivity index (χ0v) is 19.7. The number of carboxylic acid groups (broad SMARTS) is 1. The van der Waals surface area contributed by atoms with E-state index in [0.29, 0.717) is 43.1 Å². The molecule has 0 saturated heterocycles. The molecule has 1 rings (SSSR count). The van der Waals surface area contributed by atoms with Crippen LogP contribution in [0.3, 0.4) is 0 Å². The SMILES string of the molecule is COCCCOc1cc(C(=O)C(CC=CCC(C(=O)O)C(C)C)C(C)C)ccc1OC. The number of ether oxygens (including phenoxy) is 3. The van der Waals surface area contributed by atoms with Gasteiger partial charge in [-0.05, 0) is 42.9 Å². The predicted molar refractivity (Wildman–Crippen MR) is 122 cm³/mol. The van der Waals surface area contributed by atoms with Crippen LogP contribution >= 0.6 is 0 Å². The Balaban J connectivity index is 2.90. The van der Waals surface area contributed by atoms with E-state index in [4.69, 9.17) is 14.2 Å². The third-order valence-electron chi connectivity index (χ3n) is 5.41. The molecule has 6 heteroatoms. The second-order valence-electron chi connectivity index (χ2n) is 8.41. The average molecular weight is 435 g/mol. The van der Waals surface area contributed by atoms with Crippen molar-refractivity contribution in [2.24, 2.45) is 23.7 Å². The summed E-state index contributed by atoms with van der Waals surface area (Å²) in [5.41, 5.74) is 0.584. The van der Waals surface area contributed by atoms with Crippen LogP contribution in [-0.4, -0.2) is 44.3 Å². The molecule has 174 valence electrons. The number of ketones is 1. The fourth-order valence-electron chi connectivity index (χ4n) is 3.37. The lowest BCUT2D eigenvalue weighted by Gasteiger charge is -2.19. The fraction of sp³-hybridized carbons (Fsp3) is 0.600. The van der Waals surface area contributed by atoms with E-state index in [0.717, 1.165) is 6.42 Å². The number of aliphatic carboxylic acids is 1. The zero-order valence-electron chi connectivity index (χ0n) is 19.7. The van der Waals surface area contributed by atoms with E-state index >= 15 is 0 Å². The molecule has 0 fully saturated rings. The molecule has 1 N–H and O–H groups in total. The van der Waals surface area contributed by atoms with Crippen molar-refractivity contribution in [2.75, 3.05) is 27.4 Å². The first kappa shape index (κ1) is 26.7. The minimum atomic E-state index is -0.785. The van der Waals surface area contributed by atoms with E-state index < -0.39 is 11.9 Å². The number of carboxylic acids is 1. The van der Waals surface area contributed by atoms with Gasteiger partial charge in [0, 0.05) is 31.6 Å². The van der Waals surface area contributed by atoms with Gasteiger partial charge in [-0.25, -0.2) is 0 Å². The molecule has 0 bridgehead atoms. The first-order valence-electron chi connectivity index (χ1n) is 10.9. The van der Waals surface area contributed by atoms with Gasteiger partial charge >= 0.3 is 5.97 Å². The van der Waals surface area contributed by atoms with Gasteiger partial charge in [0.25, 0.3) is 0 Å². The fourth-order valence-corrected chi connectivity index (χ4v) is 3.37. The number of hydrogen-bond donors (Lipinski definition) is 1. The van der Waals surface area contributed by atoms with Crippen molar-refractivity contribution in [2.45, 2.75) is 47.0 Å². The number of benzene rings is 1. The highest BCUT2D eigenvalue weighted by atomic mass is 16.5. The summed E-state index contributed by atoms with van der Waals surface area (Å²) in [7, 11) is 3.22. The van der Waals surface area contributed by atoms with Crippen LogP contribution in [0, 0.1) is 23.7 Å². The highest BCUT2D eigenvalue weighted by Crippen LogP contribution is 2.31. The van der Waals surface area contributed by atoms with Gasteiger partial charge in [-0.15, -0.1) is 0 Å². The van der Waals surface area contributed by atoms with E-state index in [1.807, 2.05) is 39.8 Å². The van der Waals surface area contributed by atoms with Crippen LogP contribution in [0.1, 0.15) is 57.3 Å². The van der Waals surface area contributed by atoms with Crippen molar-refractivity contribution in [3.05, 3.63) is 35.9 Å². The van der Waals surface area contributed by atoms with Gasteiger partial charge < -0.3 is 19.3 Å². The first-order valence-corrected chi connectivity index (χ1v) is 10.9. The van der Waals surface area contributed by atoms with Crippen molar-refractivity contribution in [1.29, 1.82) is 0 Å². The number of carbonyl (C=O) groups is 2. The van der Waals surface area contributed by atoms with E-state index in [9.17, 15) is 14.7 Å². The lowest BCUT2D eigenvalue weighted by molar-refractivity contribution is -0.143. The topological polar surface area (TPSA) is 82.1 Å². The second kappa shape index (κ2) is 13.9. The van der Waals surface area contributed by atoms with Crippen molar-refractivity contribution in [3.8, 4) is 11.5 Å². The number of allylic oxidation sites excluding steroid dienone is 2. The summed E-state index contributed by atoms with van der Waals surface area (Å²) in [5, 5.41) is 9.32. The molecule has 0 aliphatic carbocycles. The standard InChI is InChI=1S/C25H38O6/c1-17(2)20(10-7-8-11-21(18(3)4)25(27)28)24(26)19-12-13-22(30-6)23(16-19)31-15-9-14-29-5/h7-8,12-13,16-18,20-21H,9-11,14-15H2,1-6H3,(H,27,28). The summed E-state index contributed by atoms with van der Waals surface area (Å²) < 4.78 is 16.2. The Morgan fingerprint density at radius 1 is 0.935 bits per heavy atom. The molecular formula is C25H38O6. The molecule has 0 aliphatic rings. The number of carbonyl (C=O) groups excluding carboxylic acids is 1. The second-order valence-corrected chi connectivity index (χ2v) is 8.41.